The largest absolute Gasteiger partial charge is 0.494 e. The predicted octanol–water partition coefficient (Wildman–Crippen LogP) is 5.63. The van der Waals surface area contributed by atoms with Crippen molar-refractivity contribution in [3.8, 4) is 5.75 Å². The van der Waals surface area contributed by atoms with Crippen LogP contribution in [0.15, 0.2) is 72.8 Å². The second-order valence-corrected chi connectivity index (χ2v) is 8.76. The minimum absolute atomic E-state index is 0.0380. The van der Waals surface area contributed by atoms with Crippen molar-refractivity contribution in [2.24, 2.45) is 0 Å². The quantitative estimate of drug-likeness (QED) is 0.379. The van der Waals surface area contributed by atoms with Crippen LogP contribution in [0.25, 0.3) is 0 Å². The van der Waals surface area contributed by atoms with Gasteiger partial charge in [0.05, 0.1) is 18.7 Å². The van der Waals surface area contributed by atoms with Crippen LogP contribution in [-0.4, -0.2) is 35.4 Å². The van der Waals surface area contributed by atoms with Gasteiger partial charge in [0.1, 0.15) is 17.6 Å². The van der Waals surface area contributed by atoms with Crippen LogP contribution in [0.5, 0.6) is 5.75 Å². The van der Waals surface area contributed by atoms with Gasteiger partial charge in [-0.05, 0) is 72.6 Å². The van der Waals surface area contributed by atoms with E-state index in [4.69, 9.17) is 16.3 Å². The van der Waals surface area contributed by atoms with Crippen LogP contribution in [0.4, 0.5) is 20.6 Å². The zero-order valence-electron chi connectivity index (χ0n) is 19.6. The Labute approximate surface area is 213 Å². The lowest BCUT2D eigenvalue weighted by atomic mass is 10.1. The Morgan fingerprint density at radius 1 is 1.00 bits per heavy atom. The molecule has 0 spiro atoms. The molecule has 0 bridgehead atoms. The van der Waals surface area contributed by atoms with E-state index in [1.807, 2.05) is 6.92 Å². The predicted molar refractivity (Wildman–Crippen MR) is 136 cm³/mol. The Morgan fingerprint density at radius 3 is 2.31 bits per heavy atom. The zero-order chi connectivity index (χ0) is 25.7. The Balaban J connectivity index is 1.53. The molecule has 4 rings (SSSR count). The van der Waals surface area contributed by atoms with Gasteiger partial charge in [-0.15, -0.1) is 0 Å². The third-order valence-electron chi connectivity index (χ3n) is 5.66. The molecule has 1 N–H and O–H groups in total. The van der Waals surface area contributed by atoms with Gasteiger partial charge in [0, 0.05) is 17.3 Å². The topological polar surface area (TPSA) is 79.0 Å². The molecule has 1 unspecified atom stereocenters. The Kier molecular flexibility index (Phi) is 7.85. The maximum Gasteiger partial charge on any atom is 0.332 e. The maximum absolute atomic E-state index is 13.4. The molecule has 1 heterocycles. The van der Waals surface area contributed by atoms with Gasteiger partial charge < -0.3 is 15.0 Å². The number of carbonyl (C=O) groups is 3. The normalized spacial score (nSPS) is 15.4. The highest BCUT2D eigenvalue weighted by atomic mass is 35.5. The van der Waals surface area contributed by atoms with Crippen LogP contribution in [0, 0.1) is 5.82 Å². The van der Waals surface area contributed by atoms with Crippen LogP contribution in [-0.2, 0) is 16.1 Å². The first-order valence-corrected chi connectivity index (χ1v) is 11.9. The van der Waals surface area contributed by atoms with Crippen molar-refractivity contribution in [2.75, 3.05) is 16.8 Å². The molecule has 1 aliphatic heterocycles. The van der Waals surface area contributed by atoms with E-state index in [0.717, 1.165) is 11.3 Å². The number of benzene rings is 3. The highest BCUT2D eigenvalue weighted by Gasteiger charge is 2.46. The van der Waals surface area contributed by atoms with E-state index in [1.54, 1.807) is 48.5 Å². The van der Waals surface area contributed by atoms with Crippen molar-refractivity contribution >= 4 is 40.8 Å². The van der Waals surface area contributed by atoms with Gasteiger partial charge in [-0.1, -0.05) is 30.7 Å². The molecule has 0 aliphatic carbocycles. The Hall–Kier alpha value is -3.91. The van der Waals surface area contributed by atoms with E-state index in [0.29, 0.717) is 34.3 Å². The fraction of sp³-hybridized carbons (Fsp3) is 0.222. The van der Waals surface area contributed by atoms with Crippen LogP contribution < -0.4 is 15.0 Å². The molecule has 1 saturated heterocycles. The van der Waals surface area contributed by atoms with Crippen molar-refractivity contribution in [1.29, 1.82) is 0 Å². The summed E-state index contributed by atoms with van der Waals surface area (Å²) >= 11 is 5.96. The first kappa shape index (κ1) is 25.2. The summed E-state index contributed by atoms with van der Waals surface area (Å²) in [4.78, 5) is 41.9. The van der Waals surface area contributed by atoms with E-state index >= 15 is 0 Å². The van der Waals surface area contributed by atoms with Crippen molar-refractivity contribution in [2.45, 2.75) is 32.4 Å². The molecule has 1 fully saturated rings. The molecule has 0 saturated carbocycles. The van der Waals surface area contributed by atoms with Gasteiger partial charge in [-0.3, -0.25) is 9.59 Å². The summed E-state index contributed by atoms with van der Waals surface area (Å²) in [6.07, 6.45) is 0.637. The SMILES string of the molecule is CCCOc1ccc(NC(=O)CC2C(=O)N(c3ccc(Cl)cc3)C(=O)N2Cc2ccc(F)cc2)cc1. The summed E-state index contributed by atoms with van der Waals surface area (Å²) < 4.78 is 18.9. The lowest BCUT2D eigenvalue weighted by Gasteiger charge is -2.21. The van der Waals surface area contributed by atoms with Gasteiger partial charge in [-0.2, -0.15) is 0 Å². The van der Waals surface area contributed by atoms with Crippen LogP contribution in [0.1, 0.15) is 25.3 Å². The summed E-state index contributed by atoms with van der Waals surface area (Å²) in [6, 6.07) is 17.2. The van der Waals surface area contributed by atoms with Gasteiger partial charge in [0.25, 0.3) is 5.91 Å². The Bertz CT molecular complexity index is 1230. The second kappa shape index (κ2) is 11.2. The fourth-order valence-corrected chi connectivity index (χ4v) is 4.00. The second-order valence-electron chi connectivity index (χ2n) is 8.33. The molecule has 186 valence electrons. The maximum atomic E-state index is 13.4. The molecule has 3 aromatic rings. The number of nitrogens with one attached hydrogen (secondary N) is 1. The zero-order valence-corrected chi connectivity index (χ0v) is 20.4. The molecule has 1 aliphatic rings. The first-order chi connectivity index (χ1) is 17.4. The number of hydrogen-bond donors (Lipinski definition) is 1. The van der Waals surface area contributed by atoms with Gasteiger partial charge >= 0.3 is 6.03 Å². The Morgan fingerprint density at radius 2 is 1.67 bits per heavy atom. The first-order valence-electron chi connectivity index (χ1n) is 11.5. The number of amides is 4. The average Bonchev–Trinajstić information content (AvgIpc) is 3.09. The van der Waals surface area contributed by atoms with Crippen molar-refractivity contribution in [3.05, 3.63) is 89.2 Å². The highest BCUT2D eigenvalue weighted by Crippen LogP contribution is 2.29. The highest BCUT2D eigenvalue weighted by molar-refractivity contribution is 6.30. The smallest absolute Gasteiger partial charge is 0.332 e. The van der Waals surface area contributed by atoms with Crippen molar-refractivity contribution < 1.29 is 23.5 Å². The monoisotopic (exact) mass is 509 g/mol. The number of carbonyl (C=O) groups excluding carboxylic acids is 3. The summed E-state index contributed by atoms with van der Waals surface area (Å²) in [6.45, 7) is 2.64. The molecule has 7 nitrogen and oxygen atoms in total. The summed E-state index contributed by atoms with van der Waals surface area (Å²) in [5.41, 5.74) is 1.52. The summed E-state index contributed by atoms with van der Waals surface area (Å²) in [5, 5.41) is 3.23. The number of imide groups is 1. The average molecular weight is 510 g/mol. The van der Waals surface area contributed by atoms with Gasteiger partial charge in [0.15, 0.2) is 0 Å². The lowest BCUT2D eigenvalue weighted by Crippen LogP contribution is -2.37. The minimum atomic E-state index is -1.04. The number of nitrogens with zero attached hydrogens (tertiary/aromatic N) is 2. The molecule has 0 aromatic heterocycles. The number of halogens is 2. The number of rotatable bonds is 9. The molecule has 0 radical (unpaired) electrons. The van der Waals surface area contributed by atoms with Crippen molar-refractivity contribution in [1.82, 2.24) is 4.90 Å². The number of ether oxygens (including phenoxy) is 1. The third kappa shape index (κ3) is 5.83. The molecule has 36 heavy (non-hydrogen) atoms. The minimum Gasteiger partial charge on any atom is -0.494 e. The molecule has 1 atom stereocenters. The summed E-state index contributed by atoms with van der Waals surface area (Å²) in [7, 11) is 0. The lowest BCUT2D eigenvalue weighted by molar-refractivity contribution is -0.124. The van der Waals surface area contributed by atoms with Gasteiger partial charge in [-0.25, -0.2) is 14.1 Å². The molecule has 9 heteroatoms. The van der Waals surface area contributed by atoms with Crippen LogP contribution in [0.2, 0.25) is 5.02 Å². The number of urea groups is 1. The van der Waals surface area contributed by atoms with E-state index in [9.17, 15) is 18.8 Å². The number of anilines is 2. The van der Waals surface area contributed by atoms with Crippen molar-refractivity contribution in [3.63, 3.8) is 0 Å². The fourth-order valence-electron chi connectivity index (χ4n) is 3.87. The van der Waals surface area contributed by atoms with Gasteiger partial charge in [0.2, 0.25) is 5.91 Å². The van der Waals surface area contributed by atoms with E-state index in [-0.39, 0.29) is 13.0 Å². The van der Waals surface area contributed by atoms with Crippen LogP contribution in [0.3, 0.4) is 0 Å². The standard InChI is InChI=1S/C27H25ClFN3O4/c1-2-15-36-23-13-9-21(10-14-23)30-25(33)16-24-26(34)32(22-11-5-19(28)6-12-22)27(35)31(24)17-18-3-7-20(29)8-4-18/h3-14,24H,2,15-17H2,1H3,(H,30,33). The number of hydrogen-bond acceptors (Lipinski definition) is 4. The van der Waals surface area contributed by atoms with Crippen LogP contribution >= 0.6 is 11.6 Å². The third-order valence-corrected chi connectivity index (χ3v) is 5.91. The van der Waals surface area contributed by atoms with E-state index < -0.39 is 29.7 Å². The summed E-state index contributed by atoms with van der Waals surface area (Å²) in [5.74, 6) is -0.670. The van der Waals surface area contributed by atoms with E-state index in [1.165, 1.54) is 29.2 Å². The molecule has 4 amide bonds. The molecular weight excluding hydrogens is 485 g/mol. The molecular formula is C27H25ClFN3O4. The van der Waals surface area contributed by atoms with E-state index in [2.05, 4.69) is 5.32 Å². The molecule has 3 aromatic carbocycles.